The van der Waals surface area contributed by atoms with Gasteiger partial charge >= 0.3 is 0 Å². The zero-order chi connectivity index (χ0) is 18.1. The summed E-state index contributed by atoms with van der Waals surface area (Å²) in [5.74, 6) is 0.173. The Morgan fingerprint density at radius 2 is 2.19 bits per heavy atom. The summed E-state index contributed by atoms with van der Waals surface area (Å²) < 4.78 is 0. The van der Waals surface area contributed by atoms with Gasteiger partial charge in [0.25, 0.3) is 0 Å². The summed E-state index contributed by atoms with van der Waals surface area (Å²) in [4.78, 5) is 17.2. The van der Waals surface area contributed by atoms with E-state index in [4.69, 9.17) is 0 Å². The molecule has 1 saturated heterocycles. The molecule has 1 fully saturated rings. The van der Waals surface area contributed by atoms with Gasteiger partial charge in [-0.1, -0.05) is 18.7 Å². The minimum atomic E-state index is -0.00904. The van der Waals surface area contributed by atoms with Crippen LogP contribution in [0.3, 0.4) is 0 Å². The van der Waals surface area contributed by atoms with E-state index in [1.807, 2.05) is 29.2 Å². The van der Waals surface area contributed by atoms with Gasteiger partial charge in [0.05, 0.1) is 5.69 Å². The van der Waals surface area contributed by atoms with Crippen molar-refractivity contribution in [2.45, 2.75) is 25.3 Å². The number of nitrogens with one attached hydrogen (secondary N) is 1. The molecule has 6 heteroatoms. The molecule has 1 aromatic carbocycles. The van der Waals surface area contributed by atoms with Crippen LogP contribution in [0.25, 0.3) is 22.3 Å². The maximum atomic E-state index is 12.0. The number of hydrogen-bond acceptors (Lipinski definition) is 4. The summed E-state index contributed by atoms with van der Waals surface area (Å²) in [5.41, 5.74) is 3.02. The molecule has 6 nitrogen and oxygen atoms in total. The van der Waals surface area contributed by atoms with E-state index in [1.54, 1.807) is 12.1 Å². The second-order valence-electron chi connectivity index (χ2n) is 6.58. The van der Waals surface area contributed by atoms with E-state index in [0.29, 0.717) is 16.9 Å². The molecule has 1 aliphatic heterocycles. The van der Waals surface area contributed by atoms with Crippen molar-refractivity contribution in [2.75, 3.05) is 6.54 Å². The number of rotatable bonds is 4. The number of aromatic nitrogens is 3. The minimum Gasteiger partial charge on any atom is -0.507 e. The molecule has 4 rings (SSSR count). The number of aromatic amines is 1. The highest BCUT2D eigenvalue weighted by Gasteiger charge is 2.27. The number of H-pyrrole nitrogens is 1. The first kappa shape index (κ1) is 16.3. The summed E-state index contributed by atoms with van der Waals surface area (Å²) in [7, 11) is 0. The third-order valence-electron chi connectivity index (χ3n) is 4.90. The molecule has 2 N–H and O–H groups in total. The lowest BCUT2D eigenvalue weighted by Crippen LogP contribution is -2.35. The number of aromatic hydroxyl groups is 1. The van der Waals surface area contributed by atoms with Crippen LogP contribution >= 0.6 is 0 Å². The molecular formula is C20H20N4O2. The zero-order valence-corrected chi connectivity index (χ0v) is 14.4. The number of hydrogen-bond donors (Lipinski definition) is 2. The lowest BCUT2D eigenvalue weighted by molar-refractivity contribution is -0.126. The van der Waals surface area contributed by atoms with Crippen LogP contribution in [0.1, 0.15) is 18.5 Å². The van der Waals surface area contributed by atoms with Crippen molar-refractivity contribution >= 4 is 16.9 Å². The van der Waals surface area contributed by atoms with Crippen LogP contribution < -0.4 is 0 Å². The molecule has 1 atom stereocenters. The zero-order valence-electron chi connectivity index (χ0n) is 14.4. The number of amides is 1. The van der Waals surface area contributed by atoms with Gasteiger partial charge in [0.1, 0.15) is 5.75 Å². The van der Waals surface area contributed by atoms with Crippen LogP contribution in [0.5, 0.6) is 5.75 Å². The Hall–Kier alpha value is -3.15. The topological polar surface area (TPSA) is 82.1 Å². The number of benzene rings is 1. The van der Waals surface area contributed by atoms with Crippen LogP contribution in [0, 0.1) is 0 Å². The van der Waals surface area contributed by atoms with Crippen LogP contribution in [-0.2, 0) is 11.2 Å². The van der Waals surface area contributed by atoms with E-state index >= 15 is 0 Å². The van der Waals surface area contributed by atoms with Crippen molar-refractivity contribution in [1.82, 2.24) is 20.1 Å². The van der Waals surface area contributed by atoms with Gasteiger partial charge in [-0.15, -0.1) is 10.2 Å². The molecule has 132 valence electrons. The quantitative estimate of drug-likeness (QED) is 0.710. The van der Waals surface area contributed by atoms with E-state index in [2.05, 4.69) is 21.8 Å². The monoisotopic (exact) mass is 348 g/mol. The number of fused-ring (bicyclic) bond motifs is 1. The summed E-state index contributed by atoms with van der Waals surface area (Å²) in [6.07, 6.45) is 4.14. The molecule has 0 bridgehead atoms. The molecule has 1 amide bonds. The maximum Gasteiger partial charge on any atom is 0.246 e. The first-order chi connectivity index (χ1) is 12.7. The molecule has 26 heavy (non-hydrogen) atoms. The van der Waals surface area contributed by atoms with Crippen LogP contribution in [-0.4, -0.2) is 43.7 Å². The fraction of sp³-hybridized carbons (Fsp3) is 0.250. The fourth-order valence-corrected chi connectivity index (χ4v) is 3.63. The van der Waals surface area contributed by atoms with Gasteiger partial charge in [-0.2, -0.15) is 0 Å². The lowest BCUT2D eigenvalue weighted by Gasteiger charge is -2.22. The maximum absolute atomic E-state index is 12.0. The van der Waals surface area contributed by atoms with Crippen LogP contribution in [0.2, 0.25) is 0 Å². The third kappa shape index (κ3) is 2.94. The molecule has 3 aromatic rings. The number of carbonyl (C=O) groups is 1. The SMILES string of the molecule is C=CC(=O)N1CCCC1Cc1cc2cc(-c3ccccc3O)nnc2[nH]1. The highest BCUT2D eigenvalue weighted by molar-refractivity contribution is 5.87. The number of phenols is 1. The Kier molecular flexibility index (Phi) is 4.16. The predicted octanol–water partition coefficient (Wildman–Crippen LogP) is 3.05. The first-order valence-electron chi connectivity index (χ1n) is 8.72. The van der Waals surface area contributed by atoms with Crippen molar-refractivity contribution in [2.24, 2.45) is 0 Å². The van der Waals surface area contributed by atoms with E-state index in [1.165, 1.54) is 6.08 Å². The largest absolute Gasteiger partial charge is 0.507 e. The number of para-hydroxylation sites is 1. The Morgan fingerprint density at radius 3 is 3.00 bits per heavy atom. The van der Waals surface area contributed by atoms with E-state index < -0.39 is 0 Å². The van der Waals surface area contributed by atoms with Crippen molar-refractivity contribution in [3.05, 3.63) is 54.7 Å². The summed E-state index contributed by atoms with van der Waals surface area (Å²) in [5, 5.41) is 19.4. The molecule has 1 unspecified atom stereocenters. The Bertz CT molecular complexity index is 979. The molecule has 0 aliphatic carbocycles. The number of carbonyl (C=O) groups excluding carboxylic acids is 1. The van der Waals surface area contributed by atoms with Crippen LogP contribution in [0.4, 0.5) is 0 Å². The predicted molar refractivity (Wildman–Crippen MR) is 99.6 cm³/mol. The molecule has 0 spiro atoms. The summed E-state index contributed by atoms with van der Waals surface area (Å²) in [6.45, 7) is 4.37. The highest BCUT2D eigenvalue weighted by Crippen LogP contribution is 2.29. The van der Waals surface area contributed by atoms with Crippen molar-refractivity contribution in [3.63, 3.8) is 0 Å². The number of likely N-dealkylation sites (tertiary alicyclic amines) is 1. The second-order valence-corrected chi connectivity index (χ2v) is 6.58. The van der Waals surface area contributed by atoms with E-state index in [0.717, 1.165) is 36.9 Å². The molecule has 3 heterocycles. The normalized spacial score (nSPS) is 16.9. The number of phenolic OH excluding ortho intramolecular Hbond substituents is 1. The molecule has 1 aliphatic rings. The molecular weight excluding hydrogens is 328 g/mol. The van der Waals surface area contributed by atoms with Crippen molar-refractivity contribution < 1.29 is 9.90 Å². The van der Waals surface area contributed by atoms with Gasteiger partial charge in [-0.3, -0.25) is 4.79 Å². The van der Waals surface area contributed by atoms with Crippen molar-refractivity contribution in [1.29, 1.82) is 0 Å². The molecule has 0 saturated carbocycles. The van der Waals surface area contributed by atoms with Crippen molar-refractivity contribution in [3.8, 4) is 17.0 Å². The van der Waals surface area contributed by atoms with Gasteiger partial charge in [0, 0.05) is 35.7 Å². The Labute approximate surface area is 151 Å². The van der Waals surface area contributed by atoms with Gasteiger partial charge < -0.3 is 15.0 Å². The Morgan fingerprint density at radius 1 is 1.35 bits per heavy atom. The minimum absolute atomic E-state index is 0.00904. The van der Waals surface area contributed by atoms with Gasteiger partial charge in [-0.05, 0) is 43.2 Å². The standard InChI is InChI=1S/C20H20N4O2/c1-2-19(26)24-9-5-6-15(24)12-14-10-13-11-17(22-23-20(13)21-14)16-7-3-4-8-18(16)25/h2-4,7-8,10-11,15,25H,1,5-6,9,12H2,(H,21,23). The summed E-state index contributed by atoms with van der Waals surface area (Å²) >= 11 is 0. The first-order valence-corrected chi connectivity index (χ1v) is 8.72. The summed E-state index contributed by atoms with van der Waals surface area (Å²) in [6, 6.07) is 11.2. The van der Waals surface area contributed by atoms with Crippen LogP contribution in [0.15, 0.2) is 49.1 Å². The average Bonchev–Trinajstić information content (AvgIpc) is 3.27. The molecule has 0 radical (unpaired) electrons. The highest BCUT2D eigenvalue weighted by atomic mass is 16.3. The average molecular weight is 348 g/mol. The smallest absolute Gasteiger partial charge is 0.246 e. The third-order valence-corrected chi connectivity index (χ3v) is 4.90. The fourth-order valence-electron chi connectivity index (χ4n) is 3.63. The van der Waals surface area contributed by atoms with E-state index in [9.17, 15) is 9.90 Å². The number of nitrogens with zero attached hydrogens (tertiary/aromatic N) is 3. The van der Waals surface area contributed by atoms with E-state index in [-0.39, 0.29) is 17.7 Å². The Balaban J connectivity index is 1.61. The lowest BCUT2D eigenvalue weighted by atomic mass is 10.1. The molecule has 2 aromatic heterocycles. The van der Waals surface area contributed by atoms with Gasteiger partial charge in [-0.25, -0.2) is 0 Å². The van der Waals surface area contributed by atoms with Gasteiger partial charge in [0.15, 0.2) is 5.65 Å². The van der Waals surface area contributed by atoms with Gasteiger partial charge in [0.2, 0.25) is 5.91 Å². The second kappa shape index (κ2) is 6.63.